The van der Waals surface area contributed by atoms with Crippen LogP contribution in [0.2, 0.25) is 0 Å². The minimum Gasteiger partial charge on any atom is -0.507 e. The Balaban J connectivity index is 0.00000232. The van der Waals surface area contributed by atoms with Gasteiger partial charge in [-0.2, -0.15) is 0 Å². The number of nitrogens with zero attached hydrogens (tertiary/aromatic N) is 1. The summed E-state index contributed by atoms with van der Waals surface area (Å²) < 4.78 is 5.06. The number of rotatable bonds is 8. The van der Waals surface area contributed by atoms with E-state index in [2.05, 4.69) is 4.99 Å². The molecule has 0 spiro atoms. The Labute approximate surface area is 137 Å². The maximum atomic E-state index is 11.0. The van der Waals surface area contributed by atoms with E-state index in [1.54, 1.807) is 24.3 Å². The summed E-state index contributed by atoms with van der Waals surface area (Å²) in [7, 11) is 1.54. The summed E-state index contributed by atoms with van der Waals surface area (Å²) in [4.78, 5) is 14.9. The average molecular weight is 322 g/mol. The summed E-state index contributed by atoms with van der Waals surface area (Å²) >= 11 is 0. The van der Waals surface area contributed by atoms with Crippen LogP contribution < -0.4 is 10.5 Å². The number of allylic oxidation sites excluding steroid dienone is 1. The Morgan fingerprint density at radius 1 is 1.43 bits per heavy atom. The van der Waals surface area contributed by atoms with Crippen LogP contribution in [0.1, 0.15) is 32.3 Å². The second-order valence-corrected chi connectivity index (χ2v) is 4.37. The van der Waals surface area contributed by atoms with Crippen LogP contribution in [0.25, 0.3) is 6.08 Å². The van der Waals surface area contributed by atoms with Gasteiger partial charge in [0.05, 0.1) is 7.11 Å². The number of carbonyl (C=O) groups is 1. The number of benzene rings is 1. The molecule has 4 N–H and O–H groups in total. The molecule has 1 unspecified atom stereocenters. The van der Waals surface area contributed by atoms with Crippen molar-refractivity contribution in [2.75, 3.05) is 13.7 Å². The molecule has 0 aliphatic carbocycles. The van der Waals surface area contributed by atoms with E-state index in [1.807, 2.05) is 13.8 Å². The molecule has 1 aromatic carbocycles. The molecule has 0 amide bonds. The van der Waals surface area contributed by atoms with Gasteiger partial charge < -0.3 is 20.7 Å². The molecule has 0 bridgehead atoms. The standard InChI is InChI=1S/C15H20N2O4.C2H6/c1-21-12-6-7-14(18)11(10-12)4-3-9-17-13(15(19)20)5-2-8-16;1-2/h3-4,6-7,9-10,13,18H,2,5,8,16H2,1H3,(H,19,20);1-2H3/b4-3+,17-9?;. The fourth-order valence-corrected chi connectivity index (χ4v) is 1.67. The molecule has 1 rings (SSSR count). The second kappa shape index (κ2) is 12.2. The highest BCUT2D eigenvalue weighted by Crippen LogP contribution is 2.23. The van der Waals surface area contributed by atoms with Crippen LogP contribution in [0.4, 0.5) is 0 Å². The van der Waals surface area contributed by atoms with Crippen molar-refractivity contribution >= 4 is 18.3 Å². The molecular formula is C17H26N2O4. The number of hydrogen-bond donors (Lipinski definition) is 3. The van der Waals surface area contributed by atoms with Crippen LogP contribution >= 0.6 is 0 Å². The number of aliphatic carboxylic acids is 1. The highest BCUT2D eigenvalue weighted by atomic mass is 16.5. The van der Waals surface area contributed by atoms with Gasteiger partial charge >= 0.3 is 5.97 Å². The summed E-state index contributed by atoms with van der Waals surface area (Å²) in [6.07, 6.45) is 5.62. The number of phenolic OH excluding ortho intramolecular Hbond substituents is 1. The van der Waals surface area contributed by atoms with Gasteiger partial charge in [-0.05, 0) is 49.7 Å². The van der Waals surface area contributed by atoms with Gasteiger partial charge in [-0.3, -0.25) is 4.99 Å². The minimum absolute atomic E-state index is 0.110. The van der Waals surface area contributed by atoms with Crippen LogP contribution in [0.15, 0.2) is 29.3 Å². The number of phenols is 1. The zero-order valence-corrected chi connectivity index (χ0v) is 13.9. The largest absolute Gasteiger partial charge is 0.507 e. The van der Waals surface area contributed by atoms with Crippen LogP contribution in [-0.2, 0) is 4.79 Å². The van der Waals surface area contributed by atoms with Crippen LogP contribution in [0.5, 0.6) is 11.5 Å². The molecule has 0 radical (unpaired) electrons. The molecule has 0 heterocycles. The van der Waals surface area contributed by atoms with Crippen LogP contribution in [-0.4, -0.2) is 42.1 Å². The summed E-state index contributed by atoms with van der Waals surface area (Å²) in [5, 5.41) is 18.7. The molecule has 0 aliphatic heterocycles. The van der Waals surface area contributed by atoms with Gasteiger partial charge in [0.25, 0.3) is 0 Å². The number of aromatic hydroxyl groups is 1. The van der Waals surface area contributed by atoms with E-state index in [0.29, 0.717) is 30.7 Å². The van der Waals surface area contributed by atoms with Crippen LogP contribution in [0.3, 0.4) is 0 Å². The van der Waals surface area contributed by atoms with Gasteiger partial charge in [-0.15, -0.1) is 0 Å². The first-order chi connectivity index (χ1) is 11.1. The zero-order chi connectivity index (χ0) is 17.7. The molecule has 6 nitrogen and oxygen atoms in total. The number of carboxylic acid groups (broad SMARTS) is 1. The second-order valence-electron chi connectivity index (χ2n) is 4.37. The molecule has 0 saturated carbocycles. The molecule has 1 atom stereocenters. The van der Waals surface area contributed by atoms with Gasteiger partial charge in [0.1, 0.15) is 17.5 Å². The lowest BCUT2D eigenvalue weighted by atomic mass is 10.1. The highest BCUT2D eigenvalue weighted by Gasteiger charge is 2.13. The van der Waals surface area contributed by atoms with Crippen molar-refractivity contribution < 1.29 is 19.7 Å². The first-order valence-electron chi connectivity index (χ1n) is 7.58. The van der Waals surface area contributed by atoms with Crippen LogP contribution in [0, 0.1) is 0 Å². The number of aliphatic imine (C=N–C) groups is 1. The van der Waals surface area contributed by atoms with E-state index >= 15 is 0 Å². The van der Waals surface area contributed by atoms with Gasteiger partial charge in [0.2, 0.25) is 0 Å². The fourth-order valence-electron chi connectivity index (χ4n) is 1.67. The quantitative estimate of drug-likeness (QED) is 0.638. The predicted molar refractivity (Wildman–Crippen MR) is 93.2 cm³/mol. The molecule has 128 valence electrons. The molecule has 0 saturated heterocycles. The third kappa shape index (κ3) is 8.01. The lowest BCUT2D eigenvalue weighted by Crippen LogP contribution is -2.19. The lowest BCUT2D eigenvalue weighted by Gasteiger charge is -2.05. The van der Waals surface area contributed by atoms with Crippen molar-refractivity contribution in [2.45, 2.75) is 32.7 Å². The number of methoxy groups -OCH3 is 1. The van der Waals surface area contributed by atoms with Crippen molar-refractivity contribution in [1.82, 2.24) is 0 Å². The Bertz CT molecular complexity index is 527. The maximum Gasteiger partial charge on any atom is 0.328 e. The molecular weight excluding hydrogens is 296 g/mol. The van der Waals surface area contributed by atoms with E-state index in [4.69, 9.17) is 15.6 Å². The minimum atomic E-state index is -0.975. The first-order valence-corrected chi connectivity index (χ1v) is 7.58. The van der Waals surface area contributed by atoms with Crippen molar-refractivity contribution in [1.29, 1.82) is 0 Å². The maximum absolute atomic E-state index is 11.0. The first kappa shape index (κ1) is 20.7. The Hall–Kier alpha value is -2.34. The lowest BCUT2D eigenvalue weighted by molar-refractivity contribution is -0.138. The SMILES string of the molecule is CC.COc1ccc(O)c(/C=C/C=NC(CCCN)C(=O)O)c1. The third-order valence-corrected chi connectivity index (χ3v) is 2.83. The summed E-state index contributed by atoms with van der Waals surface area (Å²) in [5.41, 5.74) is 5.92. The number of nitrogens with two attached hydrogens (primary N) is 1. The van der Waals surface area contributed by atoms with Gasteiger partial charge in [0, 0.05) is 11.8 Å². The van der Waals surface area contributed by atoms with Gasteiger partial charge in [0.15, 0.2) is 0 Å². The zero-order valence-electron chi connectivity index (χ0n) is 13.9. The van der Waals surface area contributed by atoms with Gasteiger partial charge in [-0.1, -0.05) is 13.8 Å². The normalized spacial score (nSPS) is 12.0. The Morgan fingerprint density at radius 3 is 2.70 bits per heavy atom. The highest BCUT2D eigenvalue weighted by molar-refractivity contribution is 5.82. The van der Waals surface area contributed by atoms with Crippen molar-refractivity contribution in [3.05, 3.63) is 29.8 Å². The van der Waals surface area contributed by atoms with E-state index in [9.17, 15) is 9.90 Å². The third-order valence-electron chi connectivity index (χ3n) is 2.83. The van der Waals surface area contributed by atoms with Crippen molar-refractivity contribution in [3.8, 4) is 11.5 Å². The fraction of sp³-hybridized carbons (Fsp3) is 0.412. The molecule has 23 heavy (non-hydrogen) atoms. The van der Waals surface area contributed by atoms with Gasteiger partial charge in [-0.25, -0.2) is 4.79 Å². The summed E-state index contributed by atoms with van der Waals surface area (Å²) in [6, 6.07) is 4.05. The molecule has 0 fully saturated rings. The molecule has 0 aromatic heterocycles. The van der Waals surface area contributed by atoms with E-state index < -0.39 is 12.0 Å². The molecule has 6 heteroatoms. The Kier molecular flexibility index (Phi) is 11.0. The predicted octanol–water partition coefficient (Wildman–Crippen LogP) is 2.70. The Morgan fingerprint density at radius 2 is 2.13 bits per heavy atom. The van der Waals surface area contributed by atoms with E-state index in [0.717, 1.165) is 0 Å². The monoisotopic (exact) mass is 322 g/mol. The number of hydrogen-bond acceptors (Lipinski definition) is 5. The number of carboxylic acids is 1. The summed E-state index contributed by atoms with van der Waals surface area (Å²) in [6.45, 7) is 4.44. The van der Waals surface area contributed by atoms with E-state index in [-0.39, 0.29) is 5.75 Å². The van der Waals surface area contributed by atoms with Crippen molar-refractivity contribution in [2.24, 2.45) is 10.7 Å². The van der Waals surface area contributed by atoms with Crippen molar-refractivity contribution in [3.63, 3.8) is 0 Å². The smallest absolute Gasteiger partial charge is 0.328 e. The summed E-state index contributed by atoms with van der Waals surface area (Å²) in [5.74, 6) is -0.244. The van der Waals surface area contributed by atoms with E-state index in [1.165, 1.54) is 19.4 Å². The molecule has 1 aromatic rings. The molecule has 0 aliphatic rings. The number of ether oxygens (including phenoxy) is 1. The average Bonchev–Trinajstić information content (AvgIpc) is 2.57. The topological polar surface area (TPSA) is 105 Å².